The van der Waals surface area contributed by atoms with Crippen molar-refractivity contribution in [1.82, 2.24) is 9.78 Å². The molecule has 0 unspecified atom stereocenters. The van der Waals surface area contributed by atoms with Crippen LogP contribution in [0.1, 0.15) is 11.3 Å². The first-order valence-electron chi connectivity index (χ1n) is 7.56. The first-order chi connectivity index (χ1) is 12.3. The number of aromatic nitrogens is 2. The van der Waals surface area contributed by atoms with Crippen LogP contribution in [0.3, 0.4) is 0 Å². The van der Waals surface area contributed by atoms with Crippen LogP contribution in [0, 0.1) is 6.92 Å². The summed E-state index contributed by atoms with van der Waals surface area (Å²) in [5, 5.41) is 2.69. The third kappa shape index (κ3) is 3.65. The van der Waals surface area contributed by atoms with Crippen LogP contribution in [-0.4, -0.2) is 21.7 Å². The number of alkyl halides is 3. The first kappa shape index (κ1) is 18.2. The fourth-order valence-electron chi connectivity index (χ4n) is 2.49. The summed E-state index contributed by atoms with van der Waals surface area (Å²) >= 11 is 3.22. The van der Waals surface area contributed by atoms with E-state index in [4.69, 9.17) is 0 Å². The van der Waals surface area contributed by atoms with Gasteiger partial charge in [0.05, 0.1) is 16.9 Å². The Morgan fingerprint density at radius 1 is 1.08 bits per heavy atom. The van der Waals surface area contributed by atoms with Crippen LogP contribution < -0.4 is 5.56 Å². The normalized spacial score (nSPS) is 12.4. The second kappa shape index (κ2) is 6.95. The van der Waals surface area contributed by atoms with Crippen molar-refractivity contribution in [2.24, 2.45) is 4.99 Å². The average Bonchev–Trinajstić information content (AvgIpc) is 2.89. The van der Waals surface area contributed by atoms with Crippen molar-refractivity contribution in [1.29, 1.82) is 0 Å². The largest absolute Gasteiger partial charge is 0.434 e. The lowest BCUT2D eigenvalue weighted by molar-refractivity contribution is -0.0580. The fraction of sp³-hybridized carbons (Fsp3) is 0.111. The van der Waals surface area contributed by atoms with Gasteiger partial charge in [0.2, 0.25) is 0 Å². The molecule has 4 nitrogen and oxygen atoms in total. The molecule has 0 saturated carbocycles. The Kier molecular flexibility index (Phi) is 4.86. The van der Waals surface area contributed by atoms with Crippen molar-refractivity contribution >= 4 is 27.3 Å². The summed E-state index contributed by atoms with van der Waals surface area (Å²) < 4.78 is 42.7. The van der Waals surface area contributed by atoms with Gasteiger partial charge in [0.1, 0.15) is 0 Å². The van der Waals surface area contributed by atoms with E-state index in [1.807, 2.05) is 0 Å². The summed E-state index contributed by atoms with van der Waals surface area (Å²) in [4.78, 5) is 16.4. The highest BCUT2D eigenvalue weighted by Gasteiger charge is 2.40. The summed E-state index contributed by atoms with van der Waals surface area (Å²) in [7, 11) is 0. The van der Waals surface area contributed by atoms with Crippen molar-refractivity contribution in [2.45, 2.75) is 13.1 Å². The molecule has 1 heterocycles. The highest BCUT2D eigenvalue weighted by Crippen LogP contribution is 2.27. The van der Waals surface area contributed by atoms with E-state index in [0.717, 1.165) is 4.68 Å². The minimum atomic E-state index is -4.78. The van der Waals surface area contributed by atoms with E-state index in [2.05, 4.69) is 26.0 Å². The minimum absolute atomic E-state index is 0.0899. The van der Waals surface area contributed by atoms with Gasteiger partial charge in [-0.1, -0.05) is 34.1 Å². The molecule has 0 aliphatic carbocycles. The average molecular weight is 424 g/mol. The number of hydrogen-bond donors (Lipinski definition) is 1. The number of hydrogen-bond acceptors (Lipinski definition) is 2. The Morgan fingerprint density at radius 2 is 1.69 bits per heavy atom. The maximum atomic E-state index is 13.6. The van der Waals surface area contributed by atoms with Crippen molar-refractivity contribution in [3.8, 4) is 5.69 Å². The number of H-pyrrole nitrogens is 1. The van der Waals surface area contributed by atoms with Gasteiger partial charge in [-0.2, -0.15) is 13.2 Å². The predicted molar refractivity (Wildman–Crippen MR) is 97.5 cm³/mol. The Morgan fingerprint density at radius 3 is 2.27 bits per heavy atom. The zero-order valence-corrected chi connectivity index (χ0v) is 15.1. The zero-order valence-electron chi connectivity index (χ0n) is 13.5. The number of rotatable bonds is 3. The lowest BCUT2D eigenvalue weighted by atomic mass is 10.1. The predicted octanol–water partition coefficient (Wildman–Crippen LogP) is 4.92. The molecule has 8 heteroatoms. The smallest absolute Gasteiger partial charge is 0.295 e. The number of halogens is 4. The molecule has 26 heavy (non-hydrogen) atoms. The number of benzene rings is 2. The zero-order chi connectivity index (χ0) is 18.9. The molecule has 0 spiro atoms. The number of aromatic amines is 1. The molecule has 1 N–H and O–H groups in total. The third-order valence-electron chi connectivity index (χ3n) is 3.66. The van der Waals surface area contributed by atoms with Crippen molar-refractivity contribution < 1.29 is 13.2 Å². The Balaban J connectivity index is 2.19. The summed E-state index contributed by atoms with van der Waals surface area (Å²) in [6.07, 6.45) is -4.78. The van der Waals surface area contributed by atoms with Crippen LogP contribution in [0.25, 0.3) is 5.69 Å². The van der Waals surface area contributed by atoms with E-state index in [-0.39, 0.29) is 11.4 Å². The third-order valence-corrected chi connectivity index (χ3v) is 4.19. The first-order valence-corrected chi connectivity index (χ1v) is 8.35. The van der Waals surface area contributed by atoms with Crippen LogP contribution in [0.2, 0.25) is 0 Å². The molecule has 1 aromatic heterocycles. The highest BCUT2D eigenvalue weighted by atomic mass is 79.9. The molecular weight excluding hydrogens is 411 g/mol. The minimum Gasteiger partial charge on any atom is -0.295 e. The van der Waals surface area contributed by atoms with E-state index in [0.29, 0.717) is 10.2 Å². The molecule has 0 aliphatic rings. The van der Waals surface area contributed by atoms with Crippen LogP contribution in [0.5, 0.6) is 0 Å². The second-order valence-corrected chi connectivity index (χ2v) is 6.44. The monoisotopic (exact) mass is 423 g/mol. The van der Waals surface area contributed by atoms with E-state index in [1.54, 1.807) is 42.5 Å². The molecule has 0 radical (unpaired) electrons. The summed E-state index contributed by atoms with van der Waals surface area (Å²) in [5.41, 5.74) is -1.89. The standard InChI is InChI=1S/C18H13BrF3N3O/c1-11-15(17(26)25(24-11)14-5-3-2-4-6-14)16(18(20,21)22)23-13-9-7-12(19)8-10-13/h2-10,24H,1H3. The molecule has 0 atom stereocenters. The topological polar surface area (TPSA) is 50.1 Å². The van der Waals surface area contributed by atoms with Gasteiger partial charge >= 0.3 is 6.18 Å². The van der Waals surface area contributed by atoms with Crippen molar-refractivity contribution in [3.05, 3.63) is 80.7 Å². The van der Waals surface area contributed by atoms with Crippen LogP contribution >= 0.6 is 15.9 Å². The number of aryl methyl sites for hydroxylation is 1. The molecule has 0 bridgehead atoms. The maximum absolute atomic E-state index is 13.6. The quantitative estimate of drug-likeness (QED) is 0.597. The van der Waals surface area contributed by atoms with Gasteiger partial charge in [0, 0.05) is 10.2 Å². The number of nitrogens with zero attached hydrogens (tertiary/aromatic N) is 2. The van der Waals surface area contributed by atoms with Gasteiger partial charge in [-0.15, -0.1) is 0 Å². The molecule has 0 aliphatic heterocycles. The van der Waals surface area contributed by atoms with Gasteiger partial charge in [-0.25, -0.2) is 9.67 Å². The Hall–Kier alpha value is -2.61. The van der Waals surface area contributed by atoms with E-state index in [9.17, 15) is 18.0 Å². The van der Waals surface area contributed by atoms with Gasteiger partial charge in [0.15, 0.2) is 5.71 Å². The van der Waals surface area contributed by atoms with E-state index in [1.165, 1.54) is 19.1 Å². The second-order valence-electron chi connectivity index (χ2n) is 5.52. The molecule has 134 valence electrons. The van der Waals surface area contributed by atoms with Crippen LogP contribution in [0.4, 0.5) is 18.9 Å². The fourth-order valence-corrected chi connectivity index (χ4v) is 2.75. The van der Waals surface area contributed by atoms with E-state index < -0.39 is 23.0 Å². The van der Waals surface area contributed by atoms with Gasteiger partial charge in [-0.3, -0.25) is 9.89 Å². The highest BCUT2D eigenvalue weighted by molar-refractivity contribution is 9.10. The Bertz CT molecular complexity index is 1000. The molecule has 2 aromatic carbocycles. The molecule has 0 fully saturated rings. The molecule has 0 saturated heterocycles. The lowest BCUT2D eigenvalue weighted by Gasteiger charge is -2.09. The summed E-state index contributed by atoms with van der Waals surface area (Å²) in [6, 6.07) is 14.4. The van der Waals surface area contributed by atoms with Crippen LogP contribution in [-0.2, 0) is 0 Å². The number of para-hydroxylation sites is 1. The van der Waals surface area contributed by atoms with Crippen molar-refractivity contribution in [3.63, 3.8) is 0 Å². The molecule has 0 amide bonds. The van der Waals surface area contributed by atoms with Gasteiger partial charge in [-0.05, 0) is 43.3 Å². The SMILES string of the molecule is Cc1[nH]n(-c2ccccc2)c(=O)c1C(=Nc1ccc(Br)cc1)C(F)(F)F. The van der Waals surface area contributed by atoms with E-state index >= 15 is 0 Å². The number of nitrogens with one attached hydrogen (secondary N) is 1. The van der Waals surface area contributed by atoms with Gasteiger partial charge < -0.3 is 0 Å². The lowest BCUT2D eigenvalue weighted by Crippen LogP contribution is -2.30. The molecule has 3 aromatic rings. The van der Waals surface area contributed by atoms with Gasteiger partial charge in [0.25, 0.3) is 5.56 Å². The van der Waals surface area contributed by atoms with Crippen LogP contribution in [0.15, 0.2) is 68.9 Å². The summed E-state index contributed by atoms with van der Waals surface area (Å²) in [6.45, 7) is 1.42. The number of aliphatic imine (C=N–C) groups is 1. The molecular formula is C18H13BrF3N3O. The maximum Gasteiger partial charge on any atom is 0.434 e. The molecule has 3 rings (SSSR count). The summed E-state index contributed by atoms with van der Waals surface area (Å²) in [5.74, 6) is 0. The van der Waals surface area contributed by atoms with Crippen molar-refractivity contribution in [2.75, 3.05) is 0 Å². The Labute approximate surface area is 155 Å².